The van der Waals surface area contributed by atoms with Crippen LogP contribution < -0.4 is 10.0 Å². The third-order valence-electron chi connectivity index (χ3n) is 5.33. The monoisotopic (exact) mass is 404 g/mol. The van der Waals surface area contributed by atoms with Crippen molar-refractivity contribution in [2.24, 2.45) is 5.92 Å². The number of hydrogen-bond acceptors (Lipinski definition) is 4. The Morgan fingerprint density at radius 1 is 1.25 bits per heavy atom. The lowest BCUT2D eigenvalue weighted by Gasteiger charge is -2.33. The maximum Gasteiger partial charge on any atom is 0.317 e. The second-order valence-corrected chi connectivity index (χ2v) is 8.98. The van der Waals surface area contributed by atoms with Crippen LogP contribution in [0.5, 0.6) is 0 Å². The molecule has 9 heteroatoms. The summed E-state index contributed by atoms with van der Waals surface area (Å²) in [6, 6.07) is 8.34. The fourth-order valence-corrected chi connectivity index (χ4v) is 5.33. The molecule has 0 radical (unpaired) electrons. The van der Waals surface area contributed by atoms with E-state index in [-0.39, 0.29) is 41.3 Å². The Morgan fingerprint density at radius 2 is 2.11 bits per heavy atom. The molecule has 28 heavy (non-hydrogen) atoms. The molecule has 3 atom stereocenters. The summed E-state index contributed by atoms with van der Waals surface area (Å²) in [6.45, 7) is 0.821. The quantitative estimate of drug-likeness (QED) is 0.796. The molecule has 2 bridgehead atoms. The standard InChI is InChI=1S/C19H21FN4O3S/c20-15-4-1-3-13(7-15)10-22-19(25)24-12-14-8-17(18(24)9-14)23-28(26,27)16-5-2-6-21-11-16/h1-7,11,14,17-18,23H,8-10,12H2,(H,22,25)/t14-,17+,18-/m1/s1. The number of pyridine rings is 1. The van der Waals surface area contributed by atoms with Crippen molar-refractivity contribution >= 4 is 16.1 Å². The summed E-state index contributed by atoms with van der Waals surface area (Å²) in [6.07, 6.45) is 4.30. The van der Waals surface area contributed by atoms with E-state index in [1.165, 1.54) is 30.6 Å². The number of halogens is 1. The molecule has 4 rings (SSSR count). The lowest BCUT2D eigenvalue weighted by molar-refractivity contribution is 0.170. The first-order valence-corrected chi connectivity index (χ1v) is 10.6. The average Bonchev–Trinajstić information content (AvgIpc) is 3.27. The summed E-state index contributed by atoms with van der Waals surface area (Å²) >= 11 is 0. The summed E-state index contributed by atoms with van der Waals surface area (Å²) in [5.74, 6) is -0.0802. The van der Waals surface area contributed by atoms with Gasteiger partial charge >= 0.3 is 6.03 Å². The van der Waals surface area contributed by atoms with Crippen LogP contribution in [0.25, 0.3) is 0 Å². The average molecular weight is 404 g/mol. The molecule has 7 nitrogen and oxygen atoms in total. The van der Waals surface area contributed by atoms with Crippen molar-refractivity contribution in [3.05, 3.63) is 60.2 Å². The molecule has 0 spiro atoms. The molecule has 0 unspecified atom stereocenters. The Bertz CT molecular complexity index is 970. The minimum atomic E-state index is -3.69. The van der Waals surface area contributed by atoms with Crippen molar-refractivity contribution in [1.29, 1.82) is 0 Å². The second kappa shape index (κ2) is 7.48. The number of urea groups is 1. The van der Waals surface area contributed by atoms with Gasteiger partial charge in [0.05, 0.1) is 6.04 Å². The molecule has 2 aliphatic rings. The number of fused-ring (bicyclic) bond motifs is 2. The summed E-state index contributed by atoms with van der Waals surface area (Å²) in [7, 11) is -3.69. The van der Waals surface area contributed by atoms with Crippen molar-refractivity contribution in [2.45, 2.75) is 36.4 Å². The van der Waals surface area contributed by atoms with Crippen LogP contribution in [0.2, 0.25) is 0 Å². The number of carbonyl (C=O) groups is 1. The Labute approximate surface area is 163 Å². The Balaban J connectivity index is 1.40. The van der Waals surface area contributed by atoms with E-state index >= 15 is 0 Å². The van der Waals surface area contributed by atoms with Gasteiger partial charge in [0.15, 0.2) is 0 Å². The zero-order chi connectivity index (χ0) is 19.7. The number of carbonyl (C=O) groups excluding carboxylic acids is 1. The summed E-state index contributed by atoms with van der Waals surface area (Å²) in [4.78, 5) is 18.3. The lowest BCUT2D eigenvalue weighted by Crippen LogP contribution is -2.54. The number of aromatic nitrogens is 1. The van der Waals surface area contributed by atoms with E-state index < -0.39 is 10.0 Å². The number of piperidine rings is 1. The first-order valence-electron chi connectivity index (χ1n) is 9.13. The summed E-state index contributed by atoms with van der Waals surface area (Å²) < 4.78 is 41.2. The van der Waals surface area contributed by atoms with Crippen molar-refractivity contribution in [3.63, 3.8) is 0 Å². The molecule has 1 aromatic heterocycles. The zero-order valence-electron chi connectivity index (χ0n) is 15.1. The Hall–Kier alpha value is -2.52. The predicted molar refractivity (Wildman–Crippen MR) is 100 cm³/mol. The molecule has 2 N–H and O–H groups in total. The third kappa shape index (κ3) is 3.85. The number of nitrogens with zero attached hydrogens (tertiary/aromatic N) is 2. The molecule has 1 saturated heterocycles. The first kappa shape index (κ1) is 18.8. The lowest BCUT2D eigenvalue weighted by atomic mass is 10.1. The maximum atomic E-state index is 13.3. The van der Waals surface area contributed by atoms with Crippen LogP contribution >= 0.6 is 0 Å². The molecule has 2 heterocycles. The zero-order valence-corrected chi connectivity index (χ0v) is 15.9. The van der Waals surface area contributed by atoms with Gasteiger partial charge in [0.25, 0.3) is 0 Å². The number of rotatable bonds is 5. The molecular weight excluding hydrogens is 383 g/mol. The van der Waals surface area contributed by atoms with E-state index in [9.17, 15) is 17.6 Å². The van der Waals surface area contributed by atoms with Gasteiger partial charge in [-0.1, -0.05) is 12.1 Å². The van der Waals surface area contributed by atoms with E-state index in [1.54, 1.807) is 23.1 Å². The highest BCUT2D eigenvalue weighted by Gasteiger charge is 2.48. The minimum Gasteiger partial charge on any atom is -0.334 e. The fourth-order valence-electron chi connectivity index (χ4n) is 4.09. The molecule has 2 amide bonds. The normalized spacial score (nSPS) is 23.8. The topological polar surface area (TPSA) is 91.4 Å². The van der Waals surface area contributed by atoms with Crippen LogP contribution in [0.3, 0.4) is 0 Å². The molecule has 1 aromatic carbocycles. The molecule has 1 saturated carbocycles. The van der Waals surface area contributed by atoms with E-state index in [2.05, 4.69) is 15.0 Å². The minimum absolute atomic E-state index is 0.111. The van der Waals surface area contributed by atoms with Crippen LogP contribution in [0.15, 0.2) is 53.7 Å². The van der Waals surface area contributed by atoms with Crippen LogP contribution in [0.4, 0.5) is 9.18 Å². The van der Waals surface area contributed by atoms with Gasteiger partial charge in [0.2, 0.25) is 10.0 Å². The SMILES string of the molecule is O=C(NCc1cccc(F)c1)N1C[C@@H]2C[C@H](NS(=O)(=O)c3cccnc3)[C@H]1C2. The molecule has 2 fully saturated rings. The molecule has 2 aromatic rings. The van der Waals surface area contributed by atoms with Crippen molar-refractivity contribution in [2.75, 3.05) is 6.54 Å². The van der Waals surface area contributed by atoms with Crippen LogP contribution in [-0.4, -0.2) is 43.0 Å². The van der Waals surface area contributed by atoms with Gasteiger partial charge in [-0.25, -0.2) is 22.3 Å². The van der Waals surface area contributed by atoms with Gasteiger partial charge in [-0.05, 0) is 48.6 Å². The van der Waals surface area contributed by atoms with Crippen molar-refractivity contribution in [3.8, 4) is 0 Å². The van der Waals surface area contributed by atoms with Gasteiger partial charge in [-0.3, -0.25) is 4.98 Å². The Morgan fingerprint density at radius 3 is 2.82 bits per heavy atom. The molecular formula is C19H21FN4O3S. The number of sulfonamides is 1. The summed E-state index contributed by atoms with van der Waals surface area (Å²) in [5.41, 5.74) is 0.673. The smallest absolute Gasteiger partial charge is 0.317 e. The van der Waals surface area contributed by atoms with Crippen molar-refractivity contribution in [1.82, 2.24) is 19.9 Å². The van der Waals surface area contributed by atoms with Gasteiger partial charge in [0.1, 0.15) is 10.7 Å². The Kier molecular flexibility index (Phi) is 5.03. The fraction of sp³-hybridized carbons (Fsp3) is 0.368. The van der Waals surface area contributed by atoms with Gasteiger partial charge in [-0.15, -0.1) is 0 Å². The molecule has 148 valence electrons. The van der Waals surface area contributed by atoms with E-state index in [1.807, 2.05) is 0 Å². The van der Waals surface area contributed by atoms with Gasteiger partial charge in [0, 0.05) is 31.5 Å². The first-order chi connectivity index (χ1) is 13.4. The highest BCUT2D eigenvalue weighted by atomic mass is 32.2. The van der Waals surface area contributed by atoms with Crippen LogP contribution in [0, 0.1) is 11.7 Å². The van der Waals surface area contributed by atoms with Gasteiger partial charge in [-0.2, -0.15) is 0 Å². The van der Waals surface area contributed by atoms with Crippen molar-refractivity contribution < 1.29 is 17.6 Å². The van der Waals surface area contributed by atoms with E-state index in [0.717, 1.165) is 6.42 Å². The number of nitrogens with one attached hydrogen (secondary N) is 2. The number of benzene rings is 1. The predicted octanol–water partition coefficient (Wildman–Crippen LogP) is 1.87. The van der Waals surface area contributed by atoms with E-state index in [0.29, 0.717) is 18.5 Å². The highest BCUT2D eigenvalue weighted by Crippen LogP contribution is 2.38. The van der Waals surface area contributed by atoms with Crippen LogP contribution in [-0.2, 0) is 16.6 Å². The second-order valence-electron chi connectivity index (χ2n) is 7.26. The van der Waals surface area contributed by atoms with Crippen LogP contribution in [0.1, 0.15) is 18.4 Å². The molecule has 1 aliphatic heterocycles. The van der Waals surface area contributed by atoms with E-state index in [4.69, 9.17) is 0 Å². The maximum absolute atomic E-state index is 13.3. The van der Waals surface area contributed by atoms with Gasteiger partial charge < -0.3 is 10.2 Å². The highest BCUT2D eigenvalue weighted by molar-refractivity contribution is 7.89. The number of amides is 2. The number of likely N-dealkylation sites (tertiary alicyclic amines) is 1. The summed E-state index contributed by atoms with van der Waals surface area (Å²) in [5, 5.41) is 2.80. The molecule has 1 aliphatic carbocycles. The number of hydrogen-bond donors (Lipinski definition) is 2. The largest absolute Gasteiger partial charge is 0.334 e. The third-order valence-corrected chi connectivity index (χ3v) is 6.80.